The summed E-state index contributed by atoms with van der Waals surface area (Å²) >= 11 is 0. The topological polar surface area (TPSA) is 80.7 Å². The lowest BCUT2D eigenvalue weighted by Crippen LogP contribution is -2.51. The van der Waals surface area contributed by atoms with E-state index in [1.165, 1.54) is 11.9 Å². The van der Waals surface area contributed by atoms with Crippen molar-refractivity contribution in [2.75, 3.05) is 6.61 Å². The normalized spacial score (nSPS) is 32.4. The second-order valence-electron chi connectivity index (χ2n) is 9.45. The summed E-state index contributed by atoms with van der Waals surface area (Å²) in [5.74, 6) is -0.664. The number of hydrogen-bond donors (Lipinski definition) is 1. The summed E-state index contributed by atoms with van der Waals surface area (Å²) in [5, 5.41) is 8.60. The van der Waals surface area contributed by atoms with Crippen LogP contribution in [-0.2, 0) is 19.1 Å². The van der Waals surface area contributed by atoms with Gasteiger partial charge in [0.15, 0.2) is 0 Å². The molecule has 0 amide bonds. The van der Waals surface area contributed by atoms with Crippen LogP contribution in [0.15, 0.2) is 23.8 Å². The van der Waals surface area contributed by atoms with E-state index in [9.17, 15) is 14.4 Å². The molecule has 4 atom stereocenters. The molecule has 29 heavy (non-hydrogen) atoms. The van der Waals surface area contributed by atoms with Gasteiger partial charge in [0.25, 0.3) is 0 Å². The molecule has 0 spiro atoms. The highest BCUT2D eigenvalue weighted by Crippen LogP contribution is 2.61. The van der Waals surface area contributed by atoms with Crippen LogP contribution in [0.2, 0.25) is 0 Å². The van der Waals surface area contributed by atoms with Crippen molar-refractivity contribution in [1.82, 2.24) is 0 Å². The van der Waals surface area contributed by atoms with E-state index in [2.05, 4.69) is 20.4 Å². The lowest BCUT2D eigenvalue weighted by molar-refractivity contribution is -0.146. The SMILES string of the molecule is C=C1CC[C@@H]2[C@](C)(CCC[C@]2(C)C=O)[C@H]1CC/C(C)=C/COC(=O)CCC(=O)O. The maximum Gasteiger partial charge on any atom is 0.306 e. The van der Waals surface area contributed by atoms with Gasteiger partial charge in [-0.3, -0.25) is 9.59 Å². The van der Waals surface area contributed by atoms with E-state index in [0.717, 1.165) is 50.5 Å². The Kier molecular flexibility index (Phi) is 7.84. The smallest absolute Gasteiger partial charge is 0.306 e. The molecule has 1 N–H and O–H groups in total. The predicted octanol–water partition coefficient (Wildman–Crippen LogP) is 5.10. The fraction of sp³-hybridized carbons (Fsp3) is 0.708. The zero-order valence-corrected chi connectivity index (χ0v) is 18.2. The van der Waals surface area contributed by atoms with Crippen molar-refractivity contribution in [2.24, 2.45) is 22.7 Å². The van der Waals surface area contributed by atoms with Crippen LogP contribution in [0.4, 0.5) is 0 Å². The van der Waals surface area contributed by atoms with Crippen LogP contribution >= 0.6 is 0 Å². The van der Waals surface area contributed by atoms with Crippen LogP contribution in [0, 0.1) is 22.7 Å². The molecule has 0 unspecified atom stereocenters. The Morgan fingerprint density at radius 2 is 1.97 bits per heavy atom. The molecule has 0 aromatic rings. The summed E-state index contributed by atoms with van der Waals surface area (Å²) in [7, 11) is 0. The molecule has 2 rings (SSSR count). The second kappa shape index (κ2) is 9.73. The van der Waals surface area contributed by atoms with E-state index >= 15 is 0 Å². The molecule has 2 aliphatic carbocycles. The Bertz CT molecular complexity index is 679. The van der Waals surface area contributed by atoms with Gasteiger partial charge in [-0.05, 0) is 68.8 Å². The number of carbonyl (C=O) groups excluding carboxylic acids is 2. The van der Waals surface area contributed by atoms with E-state index in [4.69, 9.17) is 9.84 Å². The van der Waals surface area contributed by atoms with Crippen molar-refractivity contribution in [3.05, 3.63) is 23.8 Å². The average Bonchev–Trinajstić information content (AvgIpc) is 2.65. The first-order valence-electron chi connectivity index (χ1n) is 10.8. The second-order valence-corrected chi connectivity index (χ2v) is 9.45. The van der Waals surface area contributed by atoms with Crippen LogP contribution in [0.25, 0.3) is 0 Å². The van der Waals surface area contributed by atoms with Gasteiger partial charge >= 0.3 is 11.9 Å². The number of aliphatic carboxylic acids is 1. The summed E-state index contributed by atoms with van der Waals surface area (Å²) in [6.07, 6.45) is 9.98. The van der Waals surface area contributed by atoms with Crippen molar-refractivity contribution < 1.29 is 24.2 Å². The van der Waals surface area contributed by atoms with E-state index in [-0.39, 0.29) is 30.3 Å². The zero-order valence-electron chi connectivity index (χ0n) is 18.2. The fourth-order valence-corrected chi connectivity index (χ4v) is 5.71. The maximum atomic E-state index is 11.9. The highest BCUT2D eigenvalue weighted by Gasteiger charge is 2.54. The van der Waals surface area contributed by atoms with Gasteiger partial charge in [-0.25, -0.2) is 0 Å². The molecule has 0 heterocycles. The van der Waals surface area contributed by atoms with Gasteiger partial charge < -0.3 is 14.6 Å². The Labute approximate surface area is 174 Å². The third kappa shape index (κ3) is 5.58. The number of carboxylic acid groups (broad SMARTS) is 1. The van der Waals surface area contributed by atoms with Gasteiger partial charge in [0.2, 0.25) is 0 Å². The largest absolute Gasteiger partial charge is 0.481 e. The van der Waals surface area contributed by atoms with Crippen molar-refractivity contribution in [1.29, 1.82) is 0 Å². The zero-order chi connectivity index (χ0) is 21.7. The Morgan fingerprint density at radius 3 is 2.62 bits per heavy atom. The van der Waals surface area contributed by atoms with Crippen molar-refractivity contribution in [3.8, 4) is 0 Å². The summed E-state index contributed by atoms with van der Waals surface area (Å²) in [6.45, 7) is 11.1. The lowest BCUT2D eigenvalue weighted by atomic mass is 9.47. The minimum Gasteiger partial charge on any atom is -0.481 e. The number of hydrogen-bond acceptors (Lipinski definition) is 4. The van der Waals surface area contributed by atoms with E-state index in [0.29, 0.717) is 11.8 Å². The molecule has 2 fully saturated rings. The summed E-state index contributed by atoms with van der Waals surface area (Å²) in [4.78, 5) is 33.9. The molecule has 5 heteroatoms. The lowest BCUT2D eigenvalue weighted by Gasteiger charge is -2.57. The van der Waals surface area contributed by atoms with Gasteiger partial charge in [-0.15, -0.1) is 0 Å². The van der Waals surface area contributed by atoms with Crippen molar-refractivity contribution in [3.63, 3.8) is 0 Å². The highest BCUT2D eigenvalue weighted by atomic mass is 16.5. The molecule has 2 saturated carbocycles. The van der Waals surface area contributed by atoms with Crippen LogP contribution in [0.5, 0.6) is 0 Å². The number of allylic oxidation sites excluding steroid dienone is 2. The van der Waals surface area contributed by atoms with E-state index in [1.807, 2.05) is 13.0 Å². The summed E-state index contributed by atoms with van der Waals surface area (Å²) < 4.78 is 5.09. The van der Waals surface area contributed by atoms with Gasteiger partial charge in [-0.2, -0.15) is 0 Å². The first-order chi connectivity index (χ1) is 13.6. The number of carboxylic acids is 1. The molecule has 2 aliphatic rings. The molecule has 0 bridgehead atoms. The molecule has 0 aromatic heterocycles. The number of fused-ring (bicyclic) bond motifs is 1. The Balaban J connectivity index is 1.94. The summed E-state index contributed by atoms with van der Waals surface area (Å²) in [5.41, 5.74) is 2.36. The van der Waals surface area contributed by atoms with Crippen molar-refractivity contribution in [2.45, 2.75) is 78.6 Å². The minimum absolute atomic E-state index is 0.0979. The fourth-order valence-electron chi connectivity index (χ4n) is 5.71. The van der Waals surface area contributed by atoms with Gasteiger partial charge in [0.05, 0.1) is 12.8 Å². The van der Waals surface area contributed by atoms with Gasteiger partial charge in [-0.1, -0.05) is 38.0 Å². The van der Waals surface area contributed by atoms with E-state index < -0.39 is 11.9 Å². The molecule has 0 saturated heterocycles. The predicted molar refractivity (Wildman–Crippen MR) is 112 cm³/mol. The Morgan fingerprint density at radius 1 is 1.24 bits per heavy atom. The van der Waals surface area contributed by atoms with Crippen LogP contribution in [0.3, 0.4) is 0 Å². The summed E-state index contributed by atoms with van der Waals surface area (Å²) in [6, 6.07) is 0. The first-order valence-corrected chi connectivity index (χ1v) is 10.8. The average molecular weight is 405 g/mol. The number of aldehydes is 1. The molecular formula is C24H36O5. The number of carbonyl (C=O) groups is 3. The quantitative estimate of drug-likeness (QED) is 0.328. The maximum absolute atomic E-state index is 11.9. The molecule has 162 valence electrons. The Hall–Kier alpha value is -1.91. The van der Waals surface area contributed by atoms with Crippen LogP contribution in [0.1, 0.15) is 78.6 Å². The van der Waals surface area contributed by atoms with E-state index in [1.54, 1.807) is 0 Å². The molecule has 0 aliphatic heterocycles. The van der Waals surface area contributed by atoms with Gasteiger partial charge in [0, 0.05) is 5.41 Å². The van der Waals surface area contributed by atoms with Crippen molar-refractivity contribution >= 4 is 18.2 Å². The molecular weight excluding hydrogens is 368 g/mol. The van der Waals surface area contributed by atoms with Crippen LogP contribution < -0.4 is 0 Å². The number of rotatable bonds is 9. The van der Waals surface area contributed by atoms with Crippen LogP contribution in [-0.4, -0.2) is 29.9 Å². The third-order valence-electron chi connectivity index (χ3n) is 7.38. The van der Waals surface area contributed by atoms with Gasteiger partial charge in [0.1, 0.15) is 12.9 Å². The monoisotopic (exact) mass is 404 g/mol. The standard InChI is InChI=1S/C24H36O5/c1-17(12-15-29-22(28)11-10-21(26)27)6-8-19-18(2)7-9-20-23(3,16-25)13-5-14-24(19,20)4/h12,16,19-20H,2,5-11,13-15H2,1,3-4H3,(H,26,27)/b17-12+/t19-,20-,23+,24+/m0/s1. The number of esters is 1. The highest BCUT2D eigenvalue weighted by molar-refractivity contribution is 5.76. The molecule has 0 aromatic carbocycles. The third-order valence-corrected chi connectivity index (χ3v) is 7.38. The molecule has 5 nitrogen and oxygen atoms in total. The molecule has 0 radical (unpaired) electrons. The minimum atomic E-state index is -0.999. The number of ether oxygens (including phenoxy) is 1. The first kappa shape index (κ1) is 23.4.